The first-order valence-corrected chi connectivity index (χ1v) is 4.38. The van der Waals surface area contributed by atoms with E-state index in [1.807, 2.05) is 11.9 Å². The van der Waals surface area contributed by atoms with Gasteiger partial charge < -0.3 is 5.11 Å². The zero-order valence-electron chi connectivity index (χ0n) is 5.91. The molecule has 1 aliphatic rings. The van der Waals surface area contributed by atoms with Gasteiger partial charge in [-0.2, -0.15) is 0 Å². The topological polar surface area (TPSA) is 40.5 Å². The number of hydrogen-bond acceptors (Lipinski definition) is 3. The highest BCUT2D eigenvalue weighted by molar-refractivity contribution is 7.99. The van der Waals surface area contributed by atoms with E-state index >= 15 is 0 Å². The van der Waals surface area contributed by atoms with Gasteiger partial charge in [-0.3, -0.25) is 9.69 Å². The molecule has 1 rings (SSSR count). The van der Waals surface area contributed by atoms with Crippen molar-refractivity contribution in [3.63, 3.8) is 0 Å². The molecule has 1 N–H and O–H groups in total. The summed E-state index contributed by atoms with van der Waals surface area (Å²) in [5, 5.41) is 8.66. The van der Waals surface area contributed by atoms with Crippen LogP contribution < -0.4 is 0 Å². The van der Waals surface area contributed by atoms with Crippen molar-refractivity contribution < 1.29 is 9.90 Å². The third-order valence-corrected chi connectivity index (χ3v) is 2.76. The molecular weight excluding hydrogens is 150 g/mol. The summed E-state index contributed by atoms with van der Waals surface area (Å²) in [5.74, 6) is 1.13. The Bertz CT molecular complexity index is 140. The largest absolute Gasteiger partial charge is 0.480 e. The fourth-order valence-corrected chi connectivity index (χ4v) is 2.01. The van der Waals surface area contributed by atoms with Crippen LogP contribution in [0, 0.1) is 0 Å². The molecule has 0 saturated carbocycles. The van der Waals surface area contributed by atoms with Crippen molar-refractivity contribution in [2.75, 3.05) is 18.7 Å². The number of rotatable bonds is 1. The molecule has 0 radical (unpaired) electrons. The second-order valence-electron chi connectivity index (χ2n) is 2.44. The molecule has 58 valence electrons. The molecule has 0 amide bonds. The van der Waals surface area contributed by atoms with Crippen molar-refractivity contribution in [3.8, 4) is 0 Å². The number of likely N-dealkylation sites (N-methyl/N-ethyl adjacent to an activating group) is 1. The fraction of sp³-hybridized carbons (Fsp3) is 0.833. The summed E-state index contributed by atoms with van der Waals surface area (Å²) in [5.41, 5.74) is 0. The molecular formula is C6H11NO2S. The molecule has 0 aromatic heterocycles. The molecule has 3 nitrogen and oxygen atoms in total. The van der Waals surface area contributed by atoms with Crippen molar-refractivity contribution in [2.45, 2.75) is 12.5 Å². The minimum Gasteiger partial charge on any atom is -0.480 e. The van der Waals surface area contributed by atoms with Gasteiger partial charge >= 0.3 is 5.97 Å². The predicted molar refractivity (Wildman–Crippen MR) is 41.1 cm³/mol. The summed E-state index contributed by atoms with van der Waals surface area (Å²) < 4.78 is 0. The second-order valence-corrected chi connectivity index (χ2v) is 3.51. The number of carboxylic acids is 1. The molecule has 0 bridgehead atoms. The Balaban J connectivity index is 2.47. The van der Waals surface area contributed by atoms with Gasteiger partial charge in [-0.05, 0) is 19.2 Å². The Morgan fingerprint density at radius 1 is 1.80 bits per heavy atom. The highest BCUT2D eigenvalue weighted by atomic mass is 32.2. The van der Waals surface area contributed by atoms with E-state index in [-0.39, 0.29) is 6.04 Å². The van der Waals surface area contributed by atoms with E-state index in [1.165, 1.54) is 0 Å². The maximum atomic E-state index is 10.5. The lowest BCUT2D eigenvalue weighted by atomic mass is 10.2. The van der Waals surface area contributed by atoms with Crippen molar-refractivity contribution >= 4 is 17.7 Å². The number of carboxylic acid groups (broad SMARTS) is 1. The smallest absolute Gasteiger partial charge is 0.320 e. The standard InChI is InChI=1S/C6H11NO2S/c1-7-4-10-3-2-5(7)6(8)9/h5H,2-4H2,1H3,(H,8,9). The third-order valence-electron chi connectivity index (χ3n) is 1.65. The van der Waals surface area contributed by atoms with Crippen molar-refractivity contribution in [1.29, 1.82) is 0 Å². The first-order chi connectivity index (χ1) is 4.72. The number of nitrogens with zero attached hydrogens (tertiary/aromatic N) is 1. The van der Waals surface area contributed by atoms with E-state index in [4.69, 9.17) is 5.11 Å². The minimum absolute atomic E-state index is 0.249. The molecule has 4 heteroatoms. The average molecular weight is 161 g/mol. The highest BCUT2D eigenvalue weighted by Crippen LogP contribution is 2.17. The van der Waals surface area contributed by atoms with Crippen LogP contribution in [0.2, 0.25) is 0 Å². The van der Waals surface area contributed by atoms with Crippen LogP contribution >= 0.6 is 11.8 Å². The lowest BCUT2D eigenvalue weighted by Gasteiger charge is -2.28. The van der Waals surface area contributed by atoms with Crippen molar-refractivity contribution in [1.82, 2.24) is 4.90 Å². The second kappa shape index (κ2) is 3.25. The molecule has 1 heterocycles. The van der Waals surface area contributed by atoms with Crippen LogP contribution in [0.4, 0.5) is 0 Å². The maximum absolute atomic E-state index is 10.5. The Labute approximate surface area is 64.4 Å². The molecule has 1 fully saturated rings. The van der Waals surface area contributed by atoms with Crippen LogP contribution in [0.3, 0.4) is 0 Å². The quantitative estimate of drug-likeness (QED) is 0.606. The number of carbonyl (C=O) groups is 1. The summed E-state index contributed by atoms with van der Waals surface area (Å²) >= 11 is 1.79. The number of aliphatic carboxylic acids is 1. The van der Waals surface area contributed by atoms with Crippen molar-refractivity contribution in [3.05, 3.63) is 0 Å². The Morgan fingerprint density at radius 2 is 2.50 bits per heavy atom. The Hall–Kier alpha value is -0.220. The molecule has 0 aliphatic carbocycles. The molecule has 1 saturated heterocycles. The lowest BCUT2D eigenvalue weighted by Crippen LogP contribution is -2.41. The van der Waals surface area contributed by atoms with E-state index in [0.29, 0.717) is 0 Å². The Kier molecular flexibility index (Phi) is 2.56. The van der Waals surface area contributed by atoms with Gasteiger partial charge in [-0.15, -0.1) is 11.8 Å². The molecule has 10 heavy (non-hydrogen) atoms. The zero-order chi connectivity index (χ0) is 7.56. The van der Waals surface area contributed by atoms with E-state index < -0.39 is 5.97 Å². The van der Waals surface area contributed by atoms with Crippen LogP contribution in [0.1, 0.15) is 6.42 Å². The molecule has 0 aromatic carbocycles. The van der Waals surface area contributed by atoms with Gasteiger partial charge in [0.15, 0.2) is 0 Å². The summed E-state index contributed by atoms with van der Waals surface area (Å²) in [4.78, 5) is 12.4. The Morgan fingerprint density at radius 3 is 2.90 bits per heavy atom. The molecule has 1 atom stereocenters. The van der Waals surface area contributed by atoms with Gasteiger partial charge in [0.1, 0.15) is 6.04 Å². The van der Waals surface area contributed by atoms with E-state index in [9.17, 15) is 4.79 Å². The first-order valence-electron chi connectivity index (χ1n) is 3.22. The van der Waals surface area contributed by atoms with Gasteiger partial charge in [0, 0.05) is 5.88 Å². The van der Waals surface area contributed by atoms with Crippen LogP contribution in [0.25, 0.3) is 0 Å². The molecule has 1 unspecified atom stereocenters. The van der Waals surface area contributed by atoms with Crippen LogP contribution in [0.15, 0.2) is 0 Å². The summed E-state index contributed by atoms with van der Waals surface area (Å²) in [6.45, 7) is 0. The SMILES string of the molecule is CN1CSCCC1C(=O)O. The zero-order valence-corrected chi connectivity index (χ0v) is 6.73. The van der Waals surface area contributed by atoms with Gasteiger partial charge in [0.2, 0.25) is 0 Å². The number of thioether (sulfide) groups is 1. The molecule has 0 aromatic rings. The first kappa shape index (κ1) is 7.88. The van der Waals surface area contributed by atoms with E-state index in [2.05, 4.69) is 0 Å². The van der Waals surface area contributed by atoms with Crippen LogP contribution in [-0.4, -0.2) is 40.7 Å². The summed E-state index contributed by atoms with van der Waals surface area (Å²) in [6.07, 6.45) is 0.774. The van der Waals surface area contributed by atoms with Crippen LogP contribution in [-0.2, 0) is 4.79 Å². The van der Waals surface area contributed by atoms with Crippen LogP contribution in [0.5, 0.6) is 0 Å². The average Bonchev–Trinajstić information content (AvgIpc) is 1.88. The fourth-order valence-electron chi connectivity index (χ4n) is 1.03. The number of hydrogen-bond donors (Lipinski definition) is 1. The molecule has 0 spiro atoms. The summed E-state index contributed by atoms with van der Waals surface area (Å²) in [6, 6.07) is -0.249. The lowest BCUT2D eigenvalue weighted by molar-refractivity contribution is -0.142. The minimum atomic E-state index is -0.692. The van der Waals surface area contributed by atoms with E-state index in [0.717, 1.165) is 18.1 Å². The van der Waals surface area contributed by atoms with Gasteiger partial charge in [0.05, 0.1) is 0 Å². The van der Waals surface area contributed by atoms with Crippen molar-refractivity contribution in [2.24, 2.45) is 0 Å². The highest BCUT2D eigenvalue weighted by Gasteiger charge is 2.24. The van der Waals surface area contributed by atoms with Gasteiger partial charge in [-0.25, -0.2) is 0 Å². The van der Waals surface area contributed by atoms with Gasteiger partial charge in [0.25, 0.3) is 0 Å². The van der Waals surface area contributed by atoms with E-state index in [1.54, 1.807) is 11.8 Å². The predicted octanol–water partition coefficient (Wildman–Crippen LogP) is 0.466. The summed E-state index contributed by atoms with van der Waals surface area (Å²) in [7, 11) is 1.85. The normalized spacial score (nSPS) is 28.3. The third kappa shape index (κ3) is 1.64. The monoisotopic (exact) mass is 161 g/mol. The van der Waals surface area contributed by atoms with Gasteiger partial charge in [-0.1, -0.05) is 0 Å². The maximum Gasteiger partial charge on any atom is 0.320 e. The molecule has 1 aliphatic heterocycles.